The molecule has 8 heteroatoms. The van der Waals surface area contributed by atoms with Gasteiger partial charge in [0.15, 0.2) is 0 Å². The van der Waals surface area contributed by atoms with Crippen molar-refractivity contribution in [2.45, 2.75) is 57.7 Å². The van der Waals surface area contributed by atoms with Crippen LogP contribution in [0, 0.1) is 11.7 Å². The predicted molar refractivity (Wildman–Crippen MR) is 145 cm³/mol. The molecular formula is C30H33FN4O3. The summed E-state index contributed by atoms with van der Waals surface area (Å²) < 4.78 is 22.4. The number of hydrogen-bond donors (Lipinski definition) is 2. The average molecular weight is 517 g/mol. The topological polar surface area (TPSA) is 89.3 Å². The molecule has 5 rings (SSSR count). The van der Waals surface area contributed by atoms with E-state index in [0.717, 1.165) is 47.9 Å². The Morgan fingerprint density at radius 2 is 1.87 bits per heavy atom. The first kappa shape index (κ1) is 25.9. The van der Waals surface area contributed by atoms with Crippen molar-refractivity contribution in [3.8, 4) is 17.0 Å². The van der Waals surface area contributed by atoms with Gasteiger partial charge in [-0.2, -0.15) is 5.10 Å². The number of hydrogen-bond acceptors (Lipinski definition) is 5. The third-order valence-electron chi connectivity index (χ3n) is 7.61. The average Bonchev–Trinajstić information content (AvgIpc) is 3.32. The highest BCUT2D eigenvalue weighted by Gasteiger charge is 2.32. The van der Waals surface area contributed by atoms with Crippen LogP contribution in [0.15, 0.2) is 60.9 Å². The van der Waals surface area contributed by atoms with Crippen LogP contribution in [0.3, 0.4) is 0 Å². The van der Waals surface area contributed by atoms with Gasteiger partial charge in [0.2, 0.25) is 0 Å². The molecule has 2 aromatic carbocycles. The van der Waals surface area contributed by atoms with Gasteiger partial charge in [-0.25, -0.2) is 4.39 Å². The summed E-state index contributed by atoms with van der Waals surface area (Å²) in [5.74, 6) is 0.214. The fraction of sp³-hybridized carbons (Fsp3) is 0.367. The van der Waals surface area contributed by atoms with Crippen LogP contribution < -0.4 is 10.1 Å². The van der Waals surface area contributed by atoms with Crippen LogP contribution in [-0.2, 0) is 6.54 Å². The smallest absolute Gasteiger partial charge is 0.251 e. The lowest BCUT2D eigenvalue weighted by molar-refractivity contribution is -0.00257. The summed E-state index contributed by atoms with van der Waals surface area (Å²) >= 11 is 0. The number of aromatic nitrogens is 3. The highest BCUT2D eigenvalue weighted by Crippen LogP contribution is 2.33. The Bertz CT molecular complexity index is 1430. The molecule has 7 nitrogen and oxygen atoms in total. The zero-order valence-electron chi connectivity index (χ0n) is 21.9. The number of aliphatic hydroxyl groups is 1. The molecule has 0 unspecified atom stereocenters. The second kappa shape index (κ2) is 10.5. The van der Waals surface area contributed by atoms with Crippen LogP contribution in [0.2, 0.25) is 0 Å². The van der Waals surface area contributed by atoms with E-state index in [1.807, 2.05) is 48.9 Å². The van der Waals surface area contributed by atoms with Crippen molar-refractivity contribution in [1.29, 1.82) is 0 Å². The number of nitrogens with zero attached hydrogens (tertiary/aromatic N) is 3. The minimum atomic E-state index is -0.711. The summed E-state index contributed by atoms with van der Waals surface area (Å²) in [5.41, 5.74) is 2.27. The molecule has 1 saturated carbocycles. The molecule has 38 heavy (non-hydrogen) atoms. The Hall–Kier alpha value is -3.78. The summed E-state index contributed by atoms with van der Waals surface area (Å²) in [5, 5.41) is 18.5. The van der Waals surface area contributed by atoms with Crippen molar-refractivity contribution in [2.75, 3.05) is 7.11 Å². The Morgan fingerprint density at radius 1 is 1.13 bits per heavy atom. The number of rotatable bonds is 7. The molecule has 2 heterocycles. The van der Waals surface area contributed by atoms with E-state index in [-0.39, 0.29) is 23.4 Å². The maximum atomic E-state index is 15.3. The molecule has 1 aliphatic rings. The Morgan fingerprint density at radius 3 is 2.53 bits per heavy atom. The number of pyridine rings is 1. The fourth-order valence-corrected chi connectivity index (χ4v) is 5.31. The fourth-order valence-electron chi connectivity index (χ4n) is 5.31. The van der Waals surface area contributed by atoms with Gasteiger partial charge in [-0.3, -0.25) is 14.5 Å². The number of amides is 1. The van der Waals surface area contributed by atoms with Crippen LogP contribution in [0.5, 0.6) is 5.75 Å². The van der Waals surface area contributed by atoms with Crippen molar-refractivity contribution < 1.29 is 19.0 Å². The molecule has 0 aliphatic heterocycles. The zero-order chi connectivity index (χ0) is 26.9. The molecule has 0 saturated heterocycles. The van der Waals surface area contributed by atoms with Crippen molar-refractivity contribution in [3.05, 3.63) is 77.9 Å². The third kappa shape index (κ3) is 5.41. The van der Waals surface area contributed by atoms with Crippen LogP contribution in [0.1, 0.15) is 55.5 Å². The Labute approximate surface area is 221 Å². The summed E-state index contributed by atoms with van der Waals surface area (Å²) in [7, 11) is 1.63. The number of benzene rings is 2. The summed E-state index contributed by atoms with van der Waals surface area (Å²) in [4.78, 5) is 17.3. The first-order valence-corrected chi connectivity index (χ1v) is 13.0. The molecule has 0 bridgehead atoms. The molecular weight excluding hydrogens is 483 g/mol. The van der Waals surface area contributed by atoms with E-state index < -0.39 is 11.4 Å². The van der Waals surface area contributed by atoms with Gasteiger partial charge in [-0.1, -0.05) is 12.1 Å². The van der Waals surface area contributed by atoms with Crippen molar-refractivity contribution >= 4 is 16.8 Å². The lowest BCUT2D eigenvalue weighted by Gasteiger charge is -2.36. The summed E-state index contributed by atoms with van der Waals surface area (Å²) in [6.07, 6.45) is 6.65. The molecule has 0 atom stereocenters. The normalized spacial score (nSPS) is 17.9. The minimum Gasteiger partial charge on any atom is -0.497 e. The molecule has 1 aliphatic carbocycles. The second-order valence-electron chi connectivity index (χ2n) is 10.6. The van der Waals surface area contributed by atoms with Gasteiger partial charge >= 0.3 is 0 Å². The monoisotopic (exact) mass is 516 g/mol. The van der Waals surface area contributed by atoms with Gasteiger partial charge in [0.25, 0.3) is 5.91 Å². The van der Waals surface area contributed by atoms with Gasteiger partial charge in [-0.15, -0.1) is 0 Å². The number of halogens is 1. The van der Waals surface area contributed by atoms with E-state index in [2.05, 4.69) is 15.4 Å². The first-order chi connectivity index (χ1) is 18.2. The predicted octanol–water partition coefficient (Wildman–Crippen LogP) is 5.35. The highest BCUT2D eigenvalue weighted by atomic mass is 19.1. The first-order valence-electron chi connectivity index (χ1n) is 13.0. The molecule has 2 aromatic heterocycles. The minimum absolute atomic E-state index is 0.0239. The van der Waals surface area contributed by atoms with Gasteiger partial charge in [0.1, 0.15) is 11.6 Å². The number of nitrogens with one attached hydrogen (secondary N) is 1. The zero-order valence-corrected chi connectivity index (χ0v) is 21.9. The van der Waals surface area contributed by atoms with Crippen molar-refractivity contribution in [1.82, 2.24) is 20.1 Å². The Balaban J connectivity index is 1.31. The quantitative estimate of drug-likeness (QED) is 0.346. The van der Waals surface area contributed by atoms with Crippen molar-refractivity contribution in [3.63, 3.8) is 0 Å². The van der Waals surface area contributed by atoms with Crippen LogP contribution in [0.4, 0.5) is 4.39 Å². The molecule has 4 aromatic rings. The molecule has 1 fully saturated rings. The second-order valence-corrected chi connectivity index (χ2v) is 10.6. The number of ether oxygens (including phenoxy) is 1. The maximum absolute atomic E-state index is 15.3. The molecule has 0 radical (unpaired) electrons. The molecule has 0 spiro atoms. The molecule has 198 valence electrons. The van der Waals surface area contributed by atoms with E-state index in [0.29, 0.717) is 17.8 Å². The molecule has 2 N–H and O–H groups in total. The highest BCUT2D eigenvalue weighted by molar-refractivity contribution is 5.96. The summed E-state index contributed by atoms with van der Waals surface area (Å²) in [6.45, 7) is 4.22. The summed E-state index contributed by atoms with van der Waals surface area (Å²) in [6, 6.07) is 14.2. The van der Waals surface area contributed by atoms with Crippen LogP contribution >= 0.6 is 0 Å². The van der Waals surface area contributed by atoms with E-state index in [1.54, 1.807) is 31.6 Å². The standard InChI is InChI=1S/C30H33FN4O3/c1-30(2,37)21-7-9-22(10-8-21)34-29(36)20-6-13-24(26(31)16-20)28-25-17-33-35(27(25)14-15-32-28)18-19-4-11-23(38-3)12-5-19/h4-6,11-17,21-22,37H,7-10,18H2,1-3H3,(H,34,36). The van der Waals surface area contributed by atoms with E-state index in [4.69, 9.17) is 4.74 Å². The van der Waals surface area contributed by atoms with E-state index in [1.165, 1.54) is 6.07 Å². The van der Waals surface area contributed by atoms with Crippen molar-refractivity contribution in [2.24, 2.45) is 5.92 Å². The van der Waals surface area contributed by atoms with Gasteiger partial charge < -0.3 is 15.2 Å². The van der Waals surface area contributed by atoms with E-state index in [9.17, 15) is 9.90 Å². The lowest BCUT2D eigenvalue weighted by Crippen LogP contribution is -2.41. The number of carbonyl (C=O) groups excluding carboxylic acids is 1. The Kier molecular flexibility index (Phi) is 7.17. The van der Waals surface area contributed by atoms with Gasteiger partial charge in [0.05, 0.1) is 36.7 Å². The van der Waals surface area contributed by atoms with Gasteiger partial charge in [0, 0.05) is 28.8 Å². The largest absolute Gasteiger partial charge is 0.497 e. The van der Waals surface area contributed by atoms with Gasteiger partial charge in [-0.05, 0) is 87.4 Å². The number of fused-ring (bicyclic) bond motifs is 1. The maximum Gasteiger partial charge on any atom is 0.251 e. The van der Waals surface area contributed by atoms with Crippen LogP contribution in [0.25, 0.3) is 22.2 Å². The third-order valence-corrected chi connectivity index (χ3v) is 7.61. The number of methoxy groups -OCH3 is 1. The number of carbonyl (C=O) groups is 1. The lowest BCUT2D eigenvalue weighted by atomic mass is 9.77. The van der Waals surface area contributed by atoms with Crippen LogP contribution in [-0.4, -0.2) is 44.5 Å². The molecule has 1 amide bonds. The SMILES string of the molecule is COc1ccc(Cn2ncc3c(-c4ccc(C(=O)NC5CCC(C(C)(C)O)CC5)cc4F)nccc32)cc1. The van der Waals surface area contributed by atoms with E-state index >= 15 is 4.39 Å².